The molecule has 15 heteroatoms. The number of nitrogens with one attached hydrogen (secondary N) is 4. The van der Waals surface area contributed by atoms with Gasteiger partial charge in [-0.05, 0) is 48.5 Å². The van der Waals surface area contributed by atoms with Crippen molar-refractivity contribution < 1.29 is 43.4 Å². The number of aromatic nitrogens is 2. The molecular formula is C50H54Cl2N4O9. The van der Waals surface area contributed by atoms with Crippen molar-refractivity contribution in [3.8, 4) is 34.5 Å². The van der Waals surface area contributed by atoms with E-state index in [0.29, 0.717) is 58.5 Å². The van der Waals surface area contributed by atoms with Crippen LogP contribution in [0.15, 0.2) is 121 Å². The number of carbonyl (C=O) groups is 1. The van der Waals surface area contributed by atoms with Gasteiger partial charge in [0.2, 0.25) is 0 Å². The Bertz CT molecular complexity index is 2780. The van der Waals surface area contributed by atoms with Gasteiger partial charge in [0, 0.05) is 63.9 Å². The highest BCUT2D eigenvalue weighted by Gasteiger charge is 2.16. The van der Waals surface area contributed by atoms with Crippen LogP contribution in [0.1, 0.15) is 13.8 Å². The third-order valence-electron chi connectivity index (χ3n) is 9.99. The standard InChI is InChI=1S/C24H24Cl2N2O4.C24H24N2O5.C2H6/c1-30-22-11-17(25)18(26)12-23(22)31-10-9-27-13-15(29)14-32-21-8-4-7-20-24(21)16-5-2-3-6-19(16)28-20;1-29-22-8-4-5-9-23(22)31-14-16(13-27)25-24(28)15-30-17-10-11-19-18-6-2-3-7-20(18)26-21(19)12-17;1-2/h2-8,11-12,15,27-29H,9-10,13-14H2,1H3;2-12,16,26-27H,13-15H2,1H3,(H,25,28);1-2H3. The molecule has 2 heterocycles. The number of amides is 1. The van der Waals surface area contributed by atoms with Crippen molar-refractivity contribution in [1.29, 1.82) is 0 Å². The number of H-pyrrole nitrogens is 2. The molecule has 0 saturated carbocycles. The quantitative estimate of drug-likeness (QED) is 0.0430. The van der Waals surface area contributed by atoms with Gasteiger partial charge in [0.15, 0.2) is 29.6 Å². The third kappa shape index (κ3) is 12.7. The second-order valence-electron chi connectivity index (χ2n) is 14.4. The summed E-state index contributed by atoms with van der Waals surface area (Å²) in [6.07, 6.45) is -0.671. The van der Waals surface area contributed by atoms with E-state index in [0.717, 1.165) is 49.4 Å². The van der Waals surface area contributed by atoms with Crippen molar-refractivity contribution >= 4 is 72.7 Å². The zero-order valence-electron chi connectivity index (χ0n) is 36.7. The van der Waals surface area contributed by atoms with E-state index >= 15 is 0 Å². The van der Waals surface area contributed by atoms with Crippen LogP contribution in [0.4, 0.5) is 0 Å². The number of rotatable bonds is 19. The monoisotopic (exact) mass is 924 g/mol. The summed E-state index contributed by atoms with van der Waals surface area (Å²) in [7, 11) is 3.09. The lowest BCUT2D eigenvalue weighted by atomic mass is 10.1. The predicted molar refractivity (Wildman–Crippen MR) is 259 cm³/mol. The molecule has 0 bridgehead atoms. The van der Waals surface area contributed by atoms with E-state index in [-0.39, 0.29) is 32.3 Å². The van der Waals surface area contributed by atoms with E-state index in [9.17, 15) is 15.0 Å². The third-order valence-corrected chi connectivity index (χ3v) is 10.7. The molecule has 0 spiro atoms. The first-order chi connectivity index (χ1) is 31.7. The van der Waals surface area contributed by atoms with Crippen LogP contribution < -0.4 is 39.1 Å². The molecular weight excluding hydrogens is 871 g/mol. The number of para-hydroxylation sites is 4. The number of aromatic amines is 2. The van der Waals surface area contributed by atoms with Crippen molar-refractivity contribution in [2.45, 2.75) is 26.0 Å². The fourth-order valence-corrected chi connectivity index (χ4v) is 7.24. The van der Waals surface area contributed by atoms with Crippen LogP contribution in [0.2, 0.25) is 10.0 Å². The minimum Gasteiger partial charge on any atom is -0.493 e. The second-order valence-corrected chi connectivity index (χ2v) is 15.2. The van der Waals surface area contributed by atoms with Gasteiger partial charge in [-0.3, -0.25) is 4.79 Å². The van der Waals surface area contributed by atoms with Crippen LogP contribution in [-0.2, 0) is 4.79 Å². The number of methoxy groups -OCH3 is 2. The second kappa shape index (κ2) is 24.1. The van der Waals surface area contributed by atoms with Gasteiger partial charge in [-0.25, -0.2) is 0 Å². The van der Waals surface area contributed by atoms with Crippen LogP contribution in [0.3, 0.4) is 0 Å². The molecule has 2 unspecified atom stereocenters. The summed E-state index contributed by atoms with van der Waals surface area (Å²) in [5, 5.41) is 30.9. The average Bonchev–Trinajstić information content (AvgIpc) is 3.92. The summed E-state index contributed by atoms with van der Waals surface area (Å²) in [6, 6.07) is 37.6. The molecule has 0 saturated heterocycles. The van der Waals surface area contributed by atoms with Crippen LogP contribution >= 0.6 is 23.2 Å². The fourth-order valence-electron chi connectivity index (χ4n) is 6.93. The molecule has 0 fully saturated rings. The van der Waals surface area contributed by atoms with Crippen molar-refractivity contribution in [3.63, 3.8) is 0 Å². The van der Waals surface area contributed by atoms with Gasteiger partial charge in [0.25, 0.3) is 5.91 Å². The number of aliphatic hydroxyl groups is 2. The number of carbonyl (C=O) groups excluding carboxylic acids is 1. The first kappa shape index (κ1) is 48.1. The highest BCUT2D eigenvalue weighted by Crippen LogP contribution is 2.36. The highest BCUT2D eigenvalue weighted by molar-refractivity contribution is 6.42. The number of benzene rings is 6. The van der Waals surface area contributed by atoms with Crippen LogP contribution in [-0.4, -0.2) is 98.6 Å². The average molecular weight is 926 g/mol. The van der Waals surface area contributed by atoms with E-state index in [1.165, 1.54) is 7.11 Å². The molecule has 342 valence electrons. The maximum atomic E-state index is 12.3. The molecule has 0 aliphatic rings. The van der Waals surface area contributed by atoms with E-state index in [2.05, 4.69) is 32.7 Å². The number of aliphatic hydroxyl groups excluding tert-OH is 2. The topological polar surface area (TPSA) is 169 Å². The smallest absolute Gasteiger partial charge is 0.258 e. The largest absolute Gasteiger partial charge is 0.493 e. The molecule has 6 N–H and O–H groups in total. The van der Waals surface area contributed by atoms with Gasteiger partial charge in [-0.2, -0.15) is 0 Å². The first-order valence-corrected chi connectivity index (χ1v) is 22.0. The van der Waals surface area contributed by atoms with E-state index in [1.807, 2.05) is 98.8 Å². The molecule has 8 rings (SSSR count). The maximum absolute atomic E-state index is 12.3. The molecule has 8 aromatic rings. The molecule has 0 aliphatic carbocycles. The van der Waals surface area contributed by atoms with Gasteiger partial charge < -0.3 is 59.2 Å². The lowest BCUT2D eigenvalue weighted by Gasteiger charge is -2.18. The fraction of sp³-hybridized carbons (Fsp3) is 0.260. The number of hydrogen-bond donors (Lipinski definition) is 6. The van der Waals surface area contributed by atoms with Gasteiger partial charge in [0.05, 0.1) is 47.9 Å². The summed E-state index contributed by atoms with van der Waals surface area (Å²) >= 11 is 12.0. The summed E-state index contributed by atoms with van der Waals surface area (Å²) < 4.78 is 33.5. The normalized spacial score (nSPS) is 11.8. The van der Waals surface area contributed by atoms with Crippen molar-refractivity contribution in [2.75, 3.05) is 60.3 Å². The predicted octanol–water partition coefficient (Wildman–Crippen LogP) is 9.34. The van der Waals surface area contributed by atoms with E-state index < -0.39 is 12.1 Å². The molecule has 1 amide bonds. The minimum absolute atomic E-state index is 0.101. The minimum atomic E-state index is -0.671. The van der Waals surface area contributed by atoms with Crippen molar-refractivity contribution in [3.05, 3.63) is 131 Å². The molecule has 0 radical (unpaired) electrons. The van der Waals surface area contributed by atoms with Gasteiger partial charge in [0.1, 0.15) is 37.4 Å². The summed E-state index contributed by atoms with van der Waals surface area (Å²) in [5.41, 5.74) is 4.05. The Morgan fingerprint density at radius 2 is 1.23 bits per heavy atom. The lowest BCUT2D eigenvalue weighted by molar-refractivity contribution is -0.124. The van der Waals surface area contributed by atoms with Crippen LogP contribution in [0, 0.1) is 0 Å². The van der Waals surface area contributed by atoms with Crippen molar-refractivity contribution in [2.24, 2.45) is 0 Å². The Morgan fingerprint density at radius 1 is 0.631 bits per heavy atom. The lowest BCUT2D eigenvalue weighted by Crippen LogP contribution is -2.43. The summed E-state index contributed by atoms with van der Waals surface area (Å²) in [6.45, 7) is 5.11. The molecule has 2 atom stereocenters. The maximum Gasteiger partial charge on any atom is 0.258 e. The SMILES string of the molecule is CC.COc1cc(Cl)c(Cl)cc1OCCNCC(O)COc1cccc2[nH]c3ccccc3c12.COc1ccccc1OCC(CO)NC(=O)COc1ccc2c(c1)[nH]c1ccccc12. The Hall–Kier alpha value is -6.35. The molecule has 0 aliphatic heterocycles. The first-order valence-electron chi connectivity index (χ1n) is 21.2. The van der Waals surface area contributed by atoms with Crippen molar-refractivity contribution in [1.82, 2.24) is 20.6 Å². The summed E-state index contributed by atoms with van der Waals surface area (Å²) in [4.78, 5) is 19.0. The van der Waals surface area contributed by atoms with Crippen LogP contribution in [0.25, 0.3) is 43.6 Å². The summed E-state index contributed by atoms with van der Waals surface area (Å²) in [5.74, 6) is 3.13. The zero-order valence-corrected chi connectivity index (χ0v) is 38.2. The number of ether oxygens (including phenoxy) is 6. The Kier molecular flexibility index (Phi) is 17.8. The number of halogens is 2. The highest BCUT2D eigenvalue weighted by atomic mass is 35.5. The Balaban J connectivity index is 0.000000208. The van der Waals surface area contributed by atoms with E-state index in [1.54, 1.807) is 31.4 Å². The number of fused-ring (bicyclic) bond motifs is 6. The molecule has 2 aromatic heterocycles. The van der Waals surface area contributed by atoms with Gasteiger partial charge >= 0.3 is 0 Å². The van der Waals surface area contributed by atoms with Gasteiger partial charge in [-0.1, -0.05) is 91.6 Å². The molecule has 13 nitrogen and oxygen atoms in total. The van der Waals surface area contributed by atoms with Crippen LogP contribution in [0.5, 0.6) is 34.5 Å². The van der Waals surface area contributed by atoms with E-state index in [4.69, 9.17) is 51.6 Å². The number of hydrogen-bond acceptors (Lipinski definition) is 10. The molecule has 65 heavy (non-hydrogen) atoms. The Morgan fingerprint density at radius 3 is 1.97 bits per heavy atom. The Labute approximate surface area is 387 Å². The zero-order chi connectivity index (χ0) is 46.1. The molecule has 6 aromatic carbocycles. The van der Waals surface area contributed by atoms with Gasteiger partial charge in [-0.15, -0.1) is 0 Å².